The van der Waals surface area contributed by atoms with Gasteiger partial charge in [0.15, 0.2) is 0 Å². The summed E-state index contributed by atoms with van der Waals surface area (Å²) in [7, 11) is 0. The van der Waals surface area contributed by atoms with Crippen molar-refractivity contribution in [3.8, 4) is 0 Å². The predicted octanol–water partition coefficient (Wildman–Crippen LogP) is 2.59. The molecule has 1 heterocycles. The molecule has 0 saturated carbocycles. The number of hydrogen-bond donors (Lipinski definition) is 1. The zero-order valence-electron chi connectivity index (χ0n) is 7.90. The van der Waals surface area contributed by atoms with Gasteiger partial charge in [0, 0.05) is 38.4 Å². The first-order chi connectivity index (χ1) is 5.04. The fourth-order valence-electron chi connectivity index (χ4n) is 1.22. The maximum absolute atomic E-state index is 3.92. The Morgan fingerprint density at radius 3 is 2.25 bits per heavy atom. The van der Waals surface area contributed by atoms with Crippen LogP contribution in [-0.2, 0) is 21.1 Å². The van der Waals surface area contributed by atoms with E-state index in [-0.39, 0.29) is 21.1 Å². The van der Waals surface area contributed by atoms with E-state index in [0.717, 1.165) is 11.4 Å². The van der Waals surface area contributed by atoms with Crippen LogP contribution >= 0.6 is 0 Å². The molecular formula is C10H15NW. The van der Waals surface area contributed by atoms with E-state index >= 15 is 0 Å². The van der Waals surface area contributed by atoms with Crippen LogP contribution in [0.2, 0.25) is 0 Å². The molecule has 1 nitrogen and oxygen atoms in total. The number of nitrogens with one attached hydrogen (secondary N) is 1. The molecule has 0 spiro atoms. The fourth-order valence-corrected chi connectivity index (χ4v) is 1.22. The van der Waals surface area contributed by atoms with Crippen molar-refractivity contribution in [1.29, 1.82) is 0 Å². The second-order valence-electron chi connectivity index (χ2n) is 3.16. The Morgan fingerprint density at radius 1 is 1.25 bits per heavy atom. The molecule has 0 aromatic heterocycles. The number of hydrogen-bond acceptors (Lipinski definition) is 1. The third-order valence-corrected chi connectivity index (χ3v) is 2.53. The van der Waals surface area contributed by atoms with Gasteiger partial charge in [0.05, 0.1) is 0 Å². The van der Waals surface area contributed by atoms with E-state index in [0.29, 0.717) is 5.92 Å². The first kappa shape index (κ1) is 11.7. The molecule has 12 heavy (non-hydrogen) atoms. The molecule has 2 heteroatoms. The minimum atomic E-state index is 0. The van der Waals surface area contributed by atoms with Crippen LogP contribution in [0.1, 0.15) is 20.8 Å². The van der Waals surface area contributed by atoms with Crippen LogP contribution in [0.4, 0.5) is 0 Å². The molecular weight excluding hydrogens is 318 g/mol. The summed E-state index contributed by atoms with van der Waals surface area (Å²) in [5, 5.41) is 3.16. The van der Waals surface area contributed by atoms with Gasteiger partial charge >= 0.3 is 0 Å². The van der Waals surface area contributed by atoms with Crippen LogP contribution in [0.15, 0.2) is 35.7 Å². The van der Waals surface area contributed by atoms with Gasteiger partial charge in [0.2, 0.25) is 0 Å². The molecule has 0 radical (unpaired) electrons. The third-order valence-electron chi connectivity index (χ3n) is 2.53. The smallest absolute Gasteiger partial charge is 0.0338 e. The molecule has 66 valence electrons. The summed E-state index contributed by atoms with van der Waals surface area (Å²) in [5.41, 5.74) is 4.69. The Labute approximate surface area is 88.9 Å². The van der Waals surface area contributed by atoms with Crippen molar-refractivity contribution in [1.82, 2.24) is 5.32 Å². The minimum Gasteiger partial charge on any atom is -0.359 e. The maximum Gasteiger partial charge on any atom is 0.0338 e. The van der Waals surface area contributed by atoms with E-state index in [1.807, 2.05) is 0 Å². The Balaban J connectivity index is 0.00000121. The van der Waals surface area contributed by atoms with Gasteiger partial charge in [0.25, 0.3) is 0 Å². The van der Waals surface area contributed by atoms with E-state index in [9.17, 15) is 0 Å². The van der Waals surface area contributed by atoms with E-state index in [4.69, 9.17) is 0 Å². The molecule has 1 aliphatic rings. The molecule has 0 amide bonds. The molecule has 0 saturated heterocycles. The quantitative estimate of drug-likeness (QED) is 0.719. The molecule has 1 atom stereocenters. The summed E-state index contributed by atoms with van der Waals surface area (Å²) in [6.07, 6.45) is 0. The molecule has 0 aromatic rings. The van der Waals surface area contributed by atoms with Crippen molar-refractivity contribution in [3.05, 3.63) is 35.7 Å². The molecule has 0 aromatic carbocycles. The van der Waals surface area contributed by atoms with Gasteiger partial charge in [-0.25, -0.2) is 0 Å². The maximum atomic E-state index is 3.92. The summed E-state index contributed by atoms with van der Waals surface area (Å²) < 4.78 is 0. The second-order valence-corrected chi connectivity index (χ2v) is 3.16. The monoisotopic (exact) mass is 333 g/mol. The standard InChI is InChI=1S/C10H15N.W/c1-6-7(2)9(4)11-10(5)8(6)3;/h7,11H,4-5H2,1-3H3;. The summed E-state index contributed by atoms with van der Waals surface area (Å²) in [6, 6.07) is 0. The summed E-state index contributed by atoms with van der Waals surface area (Å²) in [5.74, 6) is 0.445. The first-order valence-corrected chi connectivity index (χ1v) is 3.86. The van der Waals surface area contributed by atoms with Crippen LogP contribution in [0.5, 0.6) is 0 Å². The summed E-state index contributed by atoms with van der Waals surface area (Å²) in [6.45, 7) is 14.2. The van der Waals surface area contributed by atoms with Crippen LogP contribution in [-0.4, -0.2) is 0 Å². The van der Waals surface area contributed by atoms with Crippen molar-refractivity contribution >= 4 is 0 Å². The van der Waals surface area contributed by atoms with Crippen LogP contribution in [0.25, 0.3) is 0 Å². The normalized spacial score (nSPS) is 23.4. The van der Waals surface area contributed by atoms with Gasteiger partial charge in [-0.15, -0.1) is 0 Å². The van der Waals surface area contributed by atoms with Crippen LogP contribution in [0.3, 0.4) is 0 Å². The Bertz CT molecular complexity index is 251. The third kappa shape index (κ3) is 1.90. The van der Waals surface area contributed by atoms with E-state index in [1.54, 1.807) is 0 Å². The Kier molecular flexibility index (Phi) is 3.99. The zero-order chi connectivity index (χ0) is 8.59. The predicted molar refractivity (Wildman–Crippen MR) is 49.0 cm³/mol. The average molecular weight is 333 g/mol. The fraction of sp³-hybridized carbons (Fsp3) is 0.400. The Hall–Kier alpha value is -0.292. The molecule has 0 aliphatic carbocycles. The van der Waals surface area contributed by atoms with Gasteiger partial charge in [-0.05, 0) is 19.4 Å². The van der Waals surface area contributed by atoms with Crippen molar-refractivity contribution in [3.63, 3.8) is 0 Å². The molecule has 1 N–H and O–H groups in total. The van der Waals surface area contributed by atoms with Gasteiger partial charge in [0.1, 0.15) is 0 Å². The van der Waals surface area contributed by atoms with Gasteiger partial charge in [-0.3, -0.25) is 0 Å². The van der Waals surface area contributed by atoms with Crippen LogP contribution in [0, 0.1) is 5.92 Å². The molecule has 1 aliphatic heterocycles. The number of rotatable bonds is 0. The zero-order valence-corrected chi connectivity index (χ0v) is 10.8. The van der Waals surface area contributed by atoms with Crippen molar-refractivity contribution < 1.29 is 21.1 Å². The molecule has 0 fully saturated rings. The second kappa shape index (κ2) is 4.09. The first-order valence-electron chi connectivity index (χ1n) is 3.86. The summed E-state index contributed by atoms with van der Waals surface area (Å²) >= 11 is 0. The number of allylic oxidation sites excluding steroid dienone is 2. The Morgan fingerprint density at radius 2 is 1.75 bits per heavy atom. The SMILES string of the molecule is C=C1NC(=C)C(C)C(C)=C1C.[W]. The van der Waals surface area contributed by atoms with Crippen molar-refractivity contribution in [2.24, 2.45) is 5.92 Å². The summed E-state index contributed by atoms with van der Waals surface area (Å²) in [4.78, 5) is 0. The average Bonchev–Trinajstić information content (AvgIpc) is 1.97. The molecule has 0 bridgehead atoms. The minimum absolute atomic E-state index is 0. The van der Waals surface area contributed by atoms with E-state index in [2.05, 4.69) is 39.2 Å². The van der Waals surface area contributed by atoms with Gasteiger partial charge in [-0.2, -0.15) is 0 Å². The van der Waals surface area contributed by atoms with Gasteiger partial charge in [-0.1, -0.05) is 25.7 Å². The van der Waals surface area contributed by atoms with Gasteiger partial charge < -0.3 is 5.32 Å². The van der Waals surface area contributed by atoms with Crippen LogP contribution < -0.4 is 5.32 Å². The molecule has 1 unspecified atom stereocenters. The topological polar surface area (TPSA) is 12.0 Å². The molecule has 1 rings (SSSR count). The van der Waals surface area contributed by atoms with Crippen molar-refractivity contribution in [2.45, 2.75) is 20.8 Å². The largest absolute Gasteiger partial charge is 0.359 e. The van der Waals surface area contributed by atoms with E-state index in [1.165, 1.54) is 11.1 Å². The van der Waals surface area contributed by atoms with E-state index < -0.39 is 0 Å². The van der Waals surface area contributed by atoms with Crippen molar-refractivity contribution in [2.75, 3.05) is 0 Å².